The number of hydrogen-bond donors (Lipinski definition) is 2. The van der Waals surface area contributed by atoms with E-state index in [1.807, 2.05) is 26.0 Å². The Bertz CT molecular complexity index is 763. The Morgan fingerprint density at radius 1 is 1.11 bits per heavy atom. The van der Waals surface area contributed by atoms with Crippen LogP contribution in [-0.2, 0) is 13.0 Å². The summed E-state index contributed by atoms with van der Waals surface area (Å²) in [6, 6.07) is 3.79. The molecule has 28 heavy (non-hydrogen) atoms. The number of aliphatic imine (C=N–C) groups is 1. The van der Waals surface area contributed by atoms with E-state index in [1.165, 1.54) is 0 Å². The van der Waals surface area contributed by atoms with E-state index in [0.717, 1.165) is 11.4 Å². The number of nitrogens with one attached hydrogen (secondary N) is 2. The molecule has 1 heterocycles. The maximum atomic E-state index is 5.38. The highest BCUT2D eigenvalue weighted by Crippen LogP contribution is 2.38. The maximum absolute atomic E-state index is 5.38. The van der Waals surface area contributed by atoms with E-state index < -0.39 is 0 Å². The molecular weight excluding hydrogens is 362 g/mol. The fourth-order valence-electron chi connectivity index (χ4n) is 2.54. The van der Waals surface area contributed by atoms with Gasteiger partial charge in [-0.15, -0.1) is 0 Å². The van der Waals surface area contributed by atoms with Crippen molar-refractivity contribution < 1.29 is 18.7 Å². The summed E-state index contributed by atoms with van der Waals surface area (Å²) in [7, 11) is 6.49. The molecule has 0 amide bonds. The molecule has 0 fully saturated rings. The third-order valence-electron chi connectivity index (χ3n) is 4.04. The zero-order valence-electron chi connectivity index (χ0n) is 17.3. The molecule has 0 aliphatic rings. The van der Waals surface area contributed by atoms with Crippen molar-refractivity contribution in [1.82, 2.24) is 20.8 Å². The fourth-order valence-corrected chi connectivity index (χ4v) is 2.54. The molecule has 9 nitrogen and oxygen atoms in total. The summed E-state index contributed by atoms with van der Waals surface area (Å²) in [5.41, 5.74) is 0.968. The normalized spacial score (nSPS) is 11.5. The number of hydrogen-bond acceptors (Lipinski definition) is 7. The monoisotopic (exact) mass is 391 g/mol. The lowest BCUT2D eigenvalue weighted by Gasteiger charge is -2.15. The van der Waals surface area contributed by atoms with Crippen LogP contribution in [0.15, 0.2) is 21.6 Å². The number of rotatable bonds is 9. The van der Waals surface area contributed by atoms with Gasteiger partial charge >= 0.3 is 0 Å². The van der Waals surface area contributed by atoms with Gasteiger partial charge in [0, 0.05) is 32.5 Å². The fraction of sp³-hybridized carbons (Fsp3) is 0.526. The third-order valence-corrected chi connectivity index (χ3v) is 4.04. The van der Waals surface area contributed by atoms with Crippen LogP contribution < -0.4 is 24.8 Å². The zero-order chi connectivity index (χ0) is 20.5. The van der Waals surface area contributed by atoms with Gasteiger partial charge in [-0.05, 0) is 17.7 Å². The summed E-state index contributed by atoms with van der Waals surface area (Å²) < 4.78 is 21.4. The predicted molar refractivity (Wildman–Crippen MR) is 106 cm³/mol. The molecular formula is C19H29N5O4. The van der Waals surface area contributed by atoms with Crippen LogP contribution in [0.4, 0.5) is 0 Å². The Kier molecular flexibility index (Phi) is 7.91. The first kappa shape index (κ1) is 21.3. The van der Waals surface area contributed by atoms with E-state index >= 15 is 0 Å². The van der Waals surface area contributed by atoms with Crippen molar-refractivity contribution in [3.63, 3.8) is 0 Å². The molecule has 2 rings (SSSR count). The first-order valence-electron chi connectivity index (χ1n) is 9.08. The van der Waals surface area contributed by atoms with Crippen LogP contribution in [0.25, 0.3) is 0 Å². The van der Waals surface area contributed by atoms with Crippen LogP contribution in [0.3, 0.4) is 0 Å². The summed E-state index contributed by atoms with van der Waals surface area (Å²) in [6.45, 7) is 5.21. The van der Waals surface area contributed by atoms with Crippen molar-refractivity contribution in [1.29, 1.82) is 0 Å². The largest absolute Gasteiger partial charge is 0.493 e. The molecule has 2 N–H and O–H groups in total. The van der Waals surface area contributed by atoms with Gasteiger partial charge in [0.15, 0.2) is 23.3 Å². The second-order valence-electron chi connectivity index (χ2n) is 6.34. The molecule has 154 valence electrons. The number of ether oxygens (including phenoxy) is 3. The predicted octanol–water partition coefficient (Wildman–Crippen LogP) is 2.13. The minimum atomic E-state index is 0.248. The van der Waals surface area contributed by atoms with Crippen LogP contribution in [0.5, 0.6) is 17.2 Å². The Morgan fingerprint density at radius 2 is 1.79 bits per heavy atom. The van der Waals surface area contributed by atoms with E-state index in [1.54, 1.807) is 28.4 Å². The van der Waals surface area contributed by atoms with E-state index in [4.69, 9.17) is 18.7 Å². The smallest absolute Gasteiger partial charge is 0.228 e. The van der Waals surface area contributed by atoms with Crippen LogP contribution in [-0.4, -0.2) is 51.0 Å². The highest BCUT2D eigenvalue weighted by atomic mass is 16.5. The molecule has 0 aliphatic carbocycles. The Hall–Kier alpha value is -2.97. The van der Waals surface area contributed by atoms with E-state index in [-0.39, 0.29) is 5.92 Å². The molecule has 0 bridgehead atoms. The summed E-state index contributed by atoms with van der Waals surface area (Å²) in [6.07, 6.45) is 0.616. The van der Waals surface area contributed by atoms with Gasteiger partial charge in [0.1, 0.15) is 0 Å². The highest BCUT2D eigenvalue weighted by molar-refractivity contribution is 5.79. The van der Waals surface area contributed by atoms with Crippen molar-refractivity contribution in [2.75, 3.05) is 34.9 Å². The summed E-state index contributed by atoms with van der Waals surface area (Å²) in [4.78, 5) is 8.59. The molecule has 0 aliphatic heterocycles. The lowest BCUT2D eigenvalue weighted by Crippen LogP contribution is -2.37. The van der Waals surface area contributed by atoms with E-state index in [2.05, 4.69) is 25.8 Å². The summed E-state index contributed by atoms with van der Waals surface area (Å²) in [5.74, 6) is 4.03. The van der Waals surface area contributed by atoms with E-state index in [9.17, 15) is 0 Å². The highest BCUT2D eigenvalue weighted by Gasteiger charge is 2.13. The van der Waals surface area contributed by atoms with Crippen molar-refractivity contribution >= 4 is 5.96 Å². The molecule has 1 aromatic heterocycles. The van der Waals surface area contributed by atoms with Gasteiger partial charge in [-0.2, -0.15) is 4.98 Å². The van der Waals surface area contributed by atoms with Gasteiger partial charge < -0.3 is 29.4 Å². The molecule has 0 saturated carbocycles. The maximum Gasteiger partial charge on any atom is 0.228 e. The van der Waals surface area contributed by atoms with Gasteiger partial charge in [0.05, 0.1) is 21.3 Å². The molecule has 9 heteroatoms. The number of aromatic nitrogens is 2. The molecule has 0 unspecified atom stereocenters. The first-order chi connectivity index (χ1) is 13.5. The molecule has 0 atom stereocenters. The van der Waals surface area contributed by atoms with Gasteiger partial charge in [0.2, 0.25) is 11.6 Å². The minimum absolute atomic E-state index is 0.248. The molecule has 0 radical (unpaired) electrons. The number of guanidine groups is 1. The molecule has 1 aromatic carbocycles. The Balaban J connectivity index is 1.91. The van der Waals surface area contributed by atoms with Crippen LogP contribution in [0, 0.1) is 0 Å². The quantitative estimate of drug-likeness (QED) is 0.495. The van der Waals surface area contributed by atoms with Crippen molar-refractivity contribution in [3.8, 4) is 17.2 Å². The first-order valence-corrected chi connectivity index (χ1v) is 9.08. The Morgan fingerprint density at radius 3 is 2.29 bits per heavy atom. The van der Waals surface area contributed by atoms with Crippen molar-refractivity contribution in [3.05, 3.63) is 29.4 Å². The standard InChI is InChI=1S/C19H29N5O4/c1-12(2)18-23-16(28-24-18)7-8-21-19(20-3)22-11-13-9-14(25-4)17(27-6)15(10-13)26-5/h9-10,12H,7-8,11H2,1-6H3,(H2,20,21,22). The van der Waals surface area contributed by atoms with Crippen LogP contribution in [0.2, 0.25) is 0 Å². The zero-order valence-corrected chi connectivity index (χ0v) is 17.3. The van der Waals surface area contributed by atoms with Crippen LogP contribution >= 0.6 is 0 Å². The average Bonchev–Trinajstić information content (AvgIpc) is 3.18. The molecule has 0 saturated heterocycles. The number of benzene rings is 1. The lowest BCUT2D eigenvalue weighted by molar-refractivity contribution is 0.323. The second kappa shape index (κ2) is 10.4. The summed E-state index contributed by atoms with van der Waals surface area (Å²) in [5, 5.41) is 10.4. The molecule has 0 spiro atoms. The molecule has 2 aromatic rings. The third kappa shape index (κ3) is 5.51. The second-order valence-corrected chi connectivity index (χ2v) is 6.34. The van der Waals surface area contributed by atoms with Crippen molar-refractivity contribution in [2.24, 2.45) is 4.99 Å². The van der Waals surface area contributed by atoms with Gasteiger partial charge in [-0.3, -0.25) is 4.99 Å². The van der Waals surface area contributed by atoms with Gasteiger partial charge in [-0.25, -0.2) is 0 Å². The Labute approximate surface area is 165 Å². The summed E-state index contributed by atoms with van der Waals surface area (Å²) >= 11 is 0. The SMILES string of the molecule is CN=C(NCCc1nc(C(C)C)no1)NCc1cc(OC)c(OC)c(OC)c1. The lowest BCUT2D eigenvalue weighted by atomic mass is 10.2. The minimum Gasteiger partial charge on any atom is -0.493 e. The number of methoxy groups -OCH3 is 3. The van der Waals surface area contributed by atoms with Crippen molar-refractivity contribution in [2.45, 2.75) is 32.7 Å². The van der Waals surface area contributed by atoms with Gasteiger partial charge in [-0.1, -0.05) is 19.0 Å². The van der Waals surface area contributed by atoms with Crippen LogP contribution in [0.1, 0.15) is 37.0 Å². The average molecular weight is 391 g/mol. The van der Waals surface area contributed by atoms with Gasteiger partial charge in [0.25, 0.3) is 0 Å². The van der Waals surface area contributed by atoms with E-state index in [0.29, 0.717) is 48.6 Å². The topological polar surface area (TPSA) is 103 Å². The number of nitrogens with zero attached hydrogens (tertiary/aromatic N) is 3.